The molecule has 0 aliphatic heterocycles. The van der Waals surface area contributed by atoms with Gasteiger partial charge in [-0.05, 0) is 49.4 Å². The van der Waals surface area contributed by atoms with Crippen LogP contribution in [0, 0.1) is 5.82 Å². The average molecular weight is 335 g/mol. The number of carbonyl (C=O) groups excluding carboxylic acids is 1. The number of pyridine rings is 1. The van der Waals surface area contributed by atoms with E-state index in [1.165, 1.54) is 30.5 Å². The topological polar surface area (TPSA) is 45.2 Å². The summed E-state index contributed by atoms with van der Waals surface area (Å²) < 4.78 is 13.0. The molecule has 1 N–H and O–H groups in total. The van der Waals surface area contributed by atoms with E-state index in [9.17, 15) is 9.18 Å². The number of aromatic nitrogens is 1. The van der Waals surface area contributed by atoms with Crippen molar-refractivity contribution < 1.29 is 9.18 Å². The summed E-state index contributed by atoms with van der Waals surface area (Å²) in [5.41, 5.74) is 2.84. The van der Waals surface area contributed by atoms with E-state index in [0.717, 1.165) is 17.9 Å². The Labute approximate surface area is 145 Å². The van der Waals surface area contributed by atoms with Gasteiger partial charge in [-0.2, -0.15) is 0 Å². The first-order valence-corrected chi connectivity index (χ1v) is 8.02. The molecule has 0 saturated carbocycles. The van der Waals surface area contributed by atoms with Gasteiger partial charge in [0.05, 0.1) is 17.4 Å². The zero-order chi connectivity index (χ0) is 17.6. The summed E-state index contributed by atoms with van der Waals surface area (Å²) in [6.45, 7) is 2.78. The Morgan fingerprint density at radius 1 is 1.04 bits per heavy atom. The summed E-state index contributed by atoms with van der Waals surface area (Å²) in [5.74, 6) is -0.631. The Bertz CT molecular complexity index is 850. The second kappa shape index (κ2) is 7.57. The van der Waals surface area contributed by atoms with E-state index in [4.69, 9.17) is 0 Å². The number of para-hydroxylation sites is 1. The second-order valence-corrected chi connectivity index (χ2v) is 5.47. The predicted octanol–water partition coefficient (Wildman–Crippen LogP) is 4.63. The van der Waals surface area contributed by atoms with Crippen LogP contribution >= 0.6 is 0 Å². The highest BCUT2D eigenvalue weighted by Crippen LogP contribution is 2.25. The molecule has 0 radical (unpaired) electrons. The van der Waals surface area contributed by atoms with E-state index in [1.807, 2.05) is 37.3 Å². The van der Waals surface area contributed by atoms with Crippen molar-refractivity contribution in [1.29, 1.82) is 0 Å². The highest BCUT2D eigenvalue weighted by molar-refractivity contribution is 6.04. The Morgan fingerprint density at radius 3 is 2.44 bits per heavy atom. The third kappa shape index (κ3) is 4.01. The first kappa shape index (κ1) is 16.6. The maximum Gasteiger partial charge on any atom is 0.257 e. The SMILES string of the molecule is CCN(c1ccccc1)c1cncc(C(=O)Nc2ccc(F)cc2)c1. The van der Waals surface area contributed by atoms with Gasteiger partial charge in [-0.15, -0.1) is 0 Å². The minimum Gasteiger partial charge on any atom is -0.340 e. The molecule has 126 valence electrons. The number of carbonyl (C=O) groups is 1. The lowest BCUT2D eigenvalue weighted by Gasteiger charge is -2.23. The highest BCUT2D eigenvalue weighted by atomic mass is 19.1. The van der Waals surface area contributed by atoms with Gasteiger partial charge in [-0.25, -0.2) is 4.39 Å². The van der Waals surface area contributed by atoms with Crippen molar-refractivity contribution in [2.75, 3.05) is 16.8 Å². The maximum atomic E-state index is 13.0. The molecular weight excluding hydrogens is 317 g/mol. The monoisotopic (exact) mass is 335 g/mol. The Balaban J connectivity index is 1.83. The van der Waals surface area contributed by atoms with E-state index in [0.29, 0.717) is 11.3 Å². The minimum atomic E-state index is -0.344. The molecule has 1 heterocycles. The number of hydrogen-bond donors (Lipinski definition) is 1. The molecule has 1 aromatic heterocycles. The van der Waals surface area contributed by atoms with Crippen molar-refractivity contribution in [3.63, 3.8) is 0 Å². The van der Waals surface area contributed by atoms with Crippen molar-refractivity contribution in [3.8, 4) is 0 Å². The number of halogens is 1. The number of benzene rings is 2. The zero-order valence-corrected chi connectivity index (χ0v) is 13.8. The van der Waals surface area contributed by atoms with Gasteiger partial charge >= 0.3 is 0 Å². The van der Waals surface area contributed by atoms with Gasteiger partial charge in [-0.3, -0.25) is 9.78 Å². The standard InChI is InChI=1S/C20H18FN3O/c1-2-24(18-6-4-3-5-7-18)19-12-15(13-22-14-19)20(25)23-17-10-8-16(21)9-11-17/h3-14H,2H2,1H3,(H,23,25). The number of amides is 1. The Hall–Kier alpha value is -3.21. The molecule has 0 fully saturated rings. The maximum absolute atomic E-state index is 13.0. The van der Waals surface area contributed by atoms with Gasteiger partial charge in [0.2, 0.25) is 0 Å². The lowest BCUT2D eigenvalue weighted by atomic mass is 10.2. The molecule has 4 nitrogen and oxygen atoms in total. The molecule has 0 aliphatic rings. The van der Waals surface area contributed by atoms with Gasteiger partial charge < -0.3 is 10.2 Å². The summed E-state index contributed by atoms with van der Waals surface area (Å²) in [5, 5.41) is 2.75. The zero-order valence-electron chi connectivity index (χ0n) is 13.8. The lowest BCUT2D eigenvalue weighted by molar-refractivity contribution is 0.102. The molecule has 0 spiro atoms. The molecule has 0 atom stereocenters. The minimum absolute atomic E-state index is 0.287. The van der Waals surface area contributed by atoms with Crippen molar-refractivity contribution in [2.45, 2.75) is 6.92 Å². The van der Waals surface area contributed by atoms with Gasteiger partial charge in [0.15, 0.2) is 0 Å². The van der Waals surface area contributed by atoms with Crippen molar-refractivity contribution in [2.24, 2.45) is 0 Å². The van der Waals surface area contributed by atoms with Crippen LogP contribution in [0.3, 0.4) is 0 Å². The van der Waals surface area contributed by atoms with Gasteiger partial charge in [0, 0.05) is 24.1 Å². The fraction of sp³-hybridized carbons (Fsp3) is 0.100. The third-order valence-corrected chi connectivity index (χ3v) is 3.78. The summed E-state index contributed by atoms with van der Waals surface area (Å²) in [4.78, 5) is 18.7. The molecule has 5 heteroatoms. The lowest BCUT2D eigenvalue weighted by Crippen LogP contribution is -2.18. The first-order valence-electron chi connectivity index (χ1n) is 8.02. The molecule has 0 saturated heterocycles. The van der Waals surface area contributed by atoms with Crippen LogP contribution in [0.2, 0.25) is 0 Å². The number of anilines is 3. The number of nitrogens with one attached hydrogen (secondary N) is 1. The molecular formula is C20H18FN3O. The van der Waals surface area contributed by atoms with Crippen LogP contribution in [-0.4, -0.2) is 17.4 Å². The number of rotatable bonds is 5. The fourth-order valence-electron chi connectivity index (χ4n) is 2.56. The van der Waals surface area contributed by atoms with Crippen LogP contribution in [0.4, 0.5) is 21.5 Å². The molecule has 0 bridgehead atoms. The van der Waals surface area contributed by atoms with Crippen LogP contribution < -0.4 is 10.2 Å². The largest absolute Gasteiger partial charge is 0.340 e. The van der Waals surface area contributed by atoms with Crippen LogP contribution in [0.5, 0.6) is 0 Å². The predicted molar refractivity (Wildman–Crippen MR) is 97.7 cm³/mol. The molecule has 3 rings (SSSR count). The molecule has 3 aromatic rings. The van der Waals surface area contributed by atoms with Crippen molar-refractivity contribution in [3.05, 3.63) is 84.4 Å². The van der Waals surface area contributed by atoms with E-state index < -0.39 is 0 Å². The van der Waals surface area contributed by atoms with Crippen molar-refractivity contribution >= 4 is 23.0 Å². The van der Waals surface area contributed by atoms with Gasteiger partial charge in [-0.1, -0.05) is 18.2 Å². The molecule has 2 aromatic carbocycles. The highest BCUT2D eigenvalue weighted by Gasteiger charge is 2.12. The van der Waals surface area contributed by atoms with Gasteiger partial charge in [0.25, 0.3) is 5.91 Å². The van der Waals surface area contributed by atoms with E-state index in [-0.39, 0.29) is 11.7 Å². The molecule has 1 amide bonds. The molecule has 25 heavy (non-hydrogen) atoms. The molecule has 0 aliphatic carbocycles. The second-order valence-electron chi connectivity index (χ2n) is 5.47. The van der Waals surface area contributed by atoms with E-state index >= 15 is 0 Å². The quantitative estimate of drug-likeness (QED) is 0.739. The smallest absolute Gasteiger partial charge is 0.257 e. The Morgan fingerprint density at radius 2 is 1.76 bits per heavy atom. The summed E-state index contributed by atoms with van der Waals surface area (Å²) >= 11 is 0. The number of hydrogen-bond acceptors (Lipinski definition) is 3. The van der Waals surface area contributed by atoms with E-state index in [1.54, 1.807) is 12.3 Å². The van der Waals surface area contributed by atoms with Crippen LogP contribution in [-0.2, 0) is 0 Å². The first-order chi connectivity index (χ1) is 12.2. The van der Waals surface area contributed by atoms with E-state index in [2.05, 4.69) is 15.2 Å². The fourth-order valence-corrected chi connectivity index (χ4v) is 2.56. The summed E-state index contributed by atoms with van der Waals surface area (Å²) in [6, 6.07) is 17.4. The summed E-state index contributed by atoms with van der Waals surface area (Å²) in [7, 11) is 0. The van der Waals surface area contributed by atoms with Crippen LogP contribution in [0.1, 0.15) is 17.3 Å². The van der Waals surface area contributed by atoms with Crippen molar-refractivity contribution in [1.82, 2.24) is 4.98 Å². The third-order valence-electron chi connectivity index (χ3n) is 3.78. The average Bonchev–Trinajstić information content (AvgIpc) is 2.65. The van der Waals surface area contributed by atoms with Crippen LogP contribution in [0.15, 0.2) is 73.1 Å². The summed E-state index contributed by atoms with van der Waals surface area (Å²) in [6.07, 6.45) is 3.24. The number of nitrogens with zero attached hydrogens (tertiary/aromatic N) is 2. The Kier molecular flexibility index (Phi) is 5.04. The van der Waals surface area contributed by atoms with Gasteiger partial charge in [0.1, 0.15) is 5.82 Å². The normalized spacial score (nSPS) is 10.3. The molecule has 0 unspecified atom stereocenters. The van der Waals surface area contributed by atoms with Crippen LogP contribution in [0.25, 0.3) is 0 Å².